The zero-order valence-electron chi connectivity index (χ0n) is 25.3. The van der Waals surface area contributed by atoms with Gasteiger partial charge in [0.05, 0.1) is 23.5 Å². The Morgan fingerprint density at radius 1 is 0.814 bits per heavy atom. The molecule has 4 rings (SSSR count). The summed E-state index contributed by atoms with van der Waals surface area (Å²) in [5, 5.41) is 24.5. The first-order chi connectivity index (χ1) is 20.6. The summed E-state index contributed by atoms with van der Waals surface area (Å²) in [7, 11) is 0. The maximum atomic E-state index is 14.1. The molecule has 3 N–H and O–H groups in total. The molecule has 2 unspecified atom stereocenters. The fourth-order valence-corrected chi connectivity index (χ4v) is 5.47. The van der Waals surface area contributed by atoms with Gasteiger partial charge in [-0.25, -0.2) is 4.39 Å². The Morgan fingerprint density at radius 2 is 1.42 bits per heavy atom. The highest BCUT2D eigenvalue weighted by Gasteiger charge is 2.31. The molecule has 3 aromatic carbocycles. The third-order valence-corrected chi connectivity index (χ3v) is 7.60. The first-order valence-corrected chi connectivity index (χ1v) is 14.9. The zero-order chi connectivity index (χ0) is 31.1. The minimum absolute atomic E-state index is 0.00171. The molecule has 0 saturated heterocycles. The predicted octanol–water partition coefficient (Wildman–Crippen LogP) is 7.45. The normalized spacial score (nSPS) is 12.9. The molecule has 7 heteroatoms. The van der Waals surface area contributed by atoms with Crippen LogP contribution in [0.5, 0.6) is 0 Å². The number of Topliss-reactive ketones (excluding diaryl/α,β-unsaturated/α-hetero) is 1. The van der Waals surface area contributed by atoms with Gasteiger partial charge in [-0.1, -0.05) is 76.2 Å². The van der Waals surface area contributed by atoms with Crippen molar-refractivity contribution in [1.29, 1.82) is 0 Å². The molecular weight excluding hydrogens is 543 g/mol. The number of nitrogens with zero attached hydrogens (tertiary/aromatic N) is 1. The van der Waals surface area contributed by atoms with Crippen LogP contribution in [0.1, 0.15) is 68.9 Å². The number of benzene rings is 3. The summed E-state index contributed by atoms with van der Waals surface area (Å²) in [6.45, 7) is 7.96. The van der Waals surface area contributed by atoms with E-state index in [9.17, 15) is 24.2 Å². The molecule has 0 fully saturated rings. The van der Waals surface area contributed by atoms with Crippen molar-refractivity contribution in [3.63, 3.8) is 0 Å². The van der Waals surface area contributed by atoms with Crippen LogP contribution in [0.15, 0.2) is 84.9 Å². The number of anilines is 1. The third kappa shape index (κ3) is 7.86. The fourth-order valence-electron chi connectivity index (χ4n) is 5.47. The molecule has 0 aliphatic heterocycles. The van der Waals surface area contributed by atoms with E-state index in [0.29, 0.717) is 17.8 Å². The number of carbonyl (C=O) groups is 2. The fraction of sp³-hybridized carbons (Fsp3) is 0.333. The van der Waals surface area contributed by atoms with Crippen LogP contribution in [0.3, 0.4) is 0 Å². The van der Waals surface area contributed by atoms with E-state index < -0.39 is 12.2 Å². The summed E-state index contributed by atoms with van der Waals surface area (Å²) < 4.78 is 16.1. The summed E-state index contributed by atoms with van der Waals surface area (Å²) in [5.74, 6) is -0.948. The van der Waals surface area contributed by atoms with Crippen LogP contribution in [0.2, 0.25) is 0 Å². The molecule has 0 aliphatic carbocycles. The summed E-state index contributed by atoms with van der Waals surface area (Å²) in [5.41, 5.74) is 5.01. The van der Waals surface area contributed by atoms with Gasteiger partial charge >= 0.3 is 0 Å². The van der Waals surface area contributed by atoms with Crippen molar-refractivity contribution in [1.82, 2.24) is 4.57 Å². The molecule has 6 nitrogen and oxygen atoms in total. The molecule has 0 saturated carbocycles. The van der Waals surface area contributed by atoms with E-state index in [2.05, 4.69) is 9.88 Å². The Bertz CT molecular complexity index is 1510. The smallest absolute Gasteiger partial charge is 0.258 e. The highest BCUT2D eigenvalue weighted by Crippen LogP contribution is 2.42. The van der Waals surface area contributed by atoms with E-state index >= 15 is 0 Å². The van der Waals surface area contributed by atoms with Gasteiger partial charge in [-0.3, -0.25) is 9.59 Å². The molecule has 1 aromatic heterocycles. The van der Waals surface area contributed by atoms with E-state index in [4.69, 9.17) is 0 Å². The first-order valence-electron chi connectivity index (χ1n) is 14.9. The predicted molar refractivity (Wildman–Crippen MR) is 169 cm³/mol. The topological polar surface area (TPSA) is 91.6 Å². The van der Waals surface area contributed by atoms with Crippen LogP contribution in [-0.4, -0.2) is 38.7 Å². The quantitative estimate of drug-likeness (QED) is 0.152. The number of aliphatic hydroxyl groups is 2. The molecule has 4 aromatic rings. The summed E-state index contributed by atoms with van der Waals surface area (Å²) in [4.78, 5) is 26.2. The molecule has 226 valence electrons. The highest BCUT2D eigenvalue weighted by atomic mass is 19.1. The minimum Gasteiger partial charge on any atom is -0.393 e. The molecule has 0 spiro atoms. The van der Waals surface area contributed by atoms with Gasteiger partial charge in [0.2, 0.25) is 0 Å². The maximum Gasteiger partial charge on any atom is 0.258 e. The Morgan fingerprint density at radius 3 is 2.00 bits per heavy atom. The average Bonchev–Trinajstić information content (AvgIpc) is 3.33. The highest BCUT2D eigenvalue weighted by molar-refractivity contribution is 6.12. The Kier molecular flexibility index (Phi) is 10.7. The van der Waals surface area contributed by atoms with Gasteiger partial charge in [0, 0.05) is 35.8 Å². The summed E-state index contributed by atoms with van der Waals surface area (Å²) in [6.07, 6.45) is -1.47. The van der Waals surface area contributed by atoms with E-state index in [1.54, 1.807) is 26.0 Å². The Labute approximate surface area is 253 Å². The molecule has 2 atom stereocenters. The van der Waals surface area contributed by atoms with Crippen molar-refractivity contribution in [2.24, 2.45) is 5.92 Å². The number of aliphatic hydroxyl groups excluding tert-OH is 2. The second-order valence-corrected chi connectivity index (χ2v) is 11.6. The first kappa shape index (κ1) is 31.9. The van der Waals surface area contributed by atoms with E-state index in [0.717, 1.165) is 28.1 Å². The number of amides is 1. The van der Waals surface area contributed by atoms with Gasteiger partial charge in [-0.15, -0.1) is 0 Å². The van der Waals surface area contributed by atoms with Gasteiger partial charge in [-0.05, 0) is 66.3 Å². The number of nitrogens with one attached hydrogen (secondary N) is 1. The minimum atomic E-state index is -0.942. The van der Waals surface area contributed by atoms with E-state index in [-0.39, 0.29) is 48.6 Å². The molecule has 1 heterocycles. The van der Waals surface area contributed by atoms with Crippen LogP contribution in [-0.2, 0) is 11.3 Å². The molecule has 0 radical (unpaired) electrons. The molecule has 0 aliphatic rings. The number of para-hydroxylation sites is 1. The van der Waals surface area contributed by atoms with Crippen LogP contribution in [0.4, 0.5) is 10.1 Å². The lowest BCUT2D eigenvalue weighted by molar-refractivity contribution is -0.124. The molecule has 0 bridgehead atoms. The number of hydrogen-bond donors (Lipinski definition) is 3. The van der Waals surface area contributed by atoms with Crippen molar-refractivity contribution < 1.29 is 24.2 Å². The van der Waals surface area contributed by atoms with Gasteiger partial charge in [0.1, 0.15) is 11.6 Å². The molecule has 43 heavy (non-hydrogen) atoms. The Balaban J connectivity index is 1.84. The van der Waals surface area contributed by atoms with Crippen molar-refractivity contribution in [3.05, 3.63) is 102 Å². The second-order valence-electron chi connectivity index (χ2n) is 11.6. The van der Waals surface area contributed by atoms with E-state index in [1.807, 2.05) is 74.5 Å². The lowest BCUT2D eigenvalue weighted by atomic mass is 9.94. The Hall–Kier alpha value is -4.07. The molecular formula is C36H41FN2O4. The van der Waals surface area contributed by atoms with Gasteiger partial charge < -0.3 is 20.1 Å². The lowest BCUT2D eigenvalue weighted by Crippen LogP contribution is -2.24. The van der Waals surface area contributed by atoms with Crippen LogP contribution >= 0.6 is 0 Å². The number of aromatic nitrogens is 1. The average molecular weight is 585 g/mol. The standard InChI is InChI=1S/C36H41FN2O4/c1-23(2)31(42)22-30(41)21-29(40)19-20-39-34(24(3)4)33(36(43)38-28-13-9-6-10-14-28)32(25-11-7-5-8-12-25)35(39)26-15-17-27(37)18-16-26/h5-18,23-24,29-30,40-41H,19-22H2,1-4H3,(H,38,43). The van der Waals surface area contributed by atoms with Crippen LogP contribution < -0.4 is 5.32 Å². The van der Waals surface area contributed by atoms with Gasteiger partial charge in [-0.2, -0.15) is 0 Å². The zero-order valence-corrected chi connectivity index (χ0v) is 25.3. The van der Waals surface area contributed by atoms with Crippen molar-refractivity contribution in [2.75, 3.05) is 5.32 Å². The number of hydrogen-bond acceptors (Lipinski definition) is 4. The third-order valence-electron chi connectivity index (χ3n) is 7.60. The van der Waals surface area contributed by atoms with Crippen molar-refractivity contribution >= 4 is 17.4 Å². The maximum absolute atomic E-state index is 14.1. The largest absolute Gasteiger partial charge is 0.393 e. The summed E-state index contributed by atoms with van der Waals surface area (Å²) in [6, 6.07) is 25.1. The van der Waals surface area contributed by atoms with E-state index in [1.165, 1.54) is 12.1 Å². The van der Waals surface area contributed by atoms with Crippen LogP contribution in [0, 0.1) is 11.7 Å². The van der Waals surface area contributed by atoms with Crippen molar-refractivity contribution in [3.8, 4) is 22.4 Å². The SMILES string of the molecule is CC(C)C(=O)CC(O)CC(O)CCn1c(-c2ccc(F)cc2)c(-c2ccccc2)c(C(=O)Nc2ccccc2)c1C(C)C. The molecule has 1 amide bonds. The van der Waals surface area contributed by atoms with Gasteiger partial charge in [0.15, 0.2) is 0 Å². The monoisotopic (exact) mass is 584 g/mol. The lowest BCUT2D eigenvalue weighted by Gasteiger charge is -2.20. The second kappa shape index (κ2) is 14.4. The summed E-state index contributed by atoms with van der Waals surface area (Å²) >= 11 is 0. The van der Waals surface area contributed by atoms with Gasteiger partial charge in [0.25, 0.3) is 5.91 Å². The number of carbonyl (C=O) groups excluding carboxylic acids is 2. The number of rotatable bonds is 13. The number of halogens is 1. The van der Waals surface area contributed by atoms with Crippen molar-refractivity contribution in [2.45, 2.75) is 71.6 Å². The van der Waals surface area contributed by atoms with Crippen LogP contribution in [0.25, 0.3) is 22.4 Å². The number of ketones is 1.